The maximum Gasteiger partial charge on any atom is 0.336 e. The van der Waals surface area contributed by atoms with Crippen LogP contribution in [-0.4, -0.2) is 17.5 Å². The largest absolute Gasteiger partial charge is 0.862 e. The van der Waals surface area contributed by atoms with Gasteiger partial charge in [0.25, 0.3) is 0 Å². The van der Waals surface area contributed by atoms with Crippen LogP contribution in [0.15, 0.2) is 38.5 Å². The molecule has 0 saturated carbocycles. The first-order valence-corrected chi connectivity index (χ1v) is 8.56. The third-order valence-corrected chi connectivity index (χ3v) is 3.96. The standard InChI is InChI=1S/C19H25NO4/c1-2-3-4-5-6-7-10-20-18(22)11-14-12-19(23)24-17-13-15(21)8-9-16(14)17/h8-9,12-13,21H,2-7,10-11H2,1H3,(H,20,22)/p-1. The van der Waals surface area contributed by atoms with Crippen molar-refractivity contribution in [3.8, 4) is 5.75 Å². The van der Waals surface area contributed by atoms with E-state index in [1.54, 1.807) is 6.07 Å². The third-order valence-electron chi connectivity index (χ3n) is 3.96. The van der Waals surface area contributed by atoms with E-state index in [-0.39, 0.29) is 23.7 Å². The number of phenols is 1. The summed E-state index contributed by atoms with van der Waals surface area (Å²) in [5, 5.41) is 22.1. The second-order valence-corrected chi connectivity index (χ2v) is 5.99. The number of aromatic hydroxyl groups is 1. The molecule has 1 aromatic heterocycles. The predicted octanol–water partition coefficient (Wildman–Crippen LogP) is 3.16. The molecule has 0 radical (unpaired) electrons. The normalized spacial score (nSPS) is 12.0. The summed E-state index contributed by atoms with van der Waals surface area (Å²) < 4.78 is 5.05. The molecule has 0 amide bonds. The fourth-order valence-electron chi connectivity index (χ4n) is 2.68. The monoisotopic (exact) mass is 330 g/mol. The highest BCUT2D eigenvalue weighted by molar-refractivity contribution is 5.86. The molecule has 1 heterocycles. The van der Waals surface area contributed by atoms with Crippen molar-refractivity contribution in [2.45, 2.75) is 51.9 Å². The number of nitrogens with zero attached hydrogens (tertiary/aromatic N) is 1. The minimum atomic E-state index is -0.535. The van der Waals surface area contributed by atoms with Gasteiger partial charge in [0.05, 0.1) is 0 Å². The lowest BCUT2D eigenvalue weighted by molar-refractivity contribution is -0.218. The van der Waals surface area contributed by atoms with Crippen molar-refractivity contribution < 1.29 is 14.6 Å². The first-order chi connectivity index (χ1) is 11.6. The molecule has 2 rings (SSSR count). The van der Waals surface area contributed by atoms with Crippen molar-refractivity contribution in [3.05, 3.63) is 40.2 Å². The number of rotatable bonds is 9. The molecule has 24 heavy (non-hydrogen) atoms. The van der Waals surface area contributed by atoms with Gasteiger partial charge in [-0.3, -0.25) is 0 Å². The smallest absolute Gasteiger partial charge is 0.336 e. The highest BCUT2D eigenvalue weighted by Gasteiger charge is 2.06. The Bertz CT molecular complexity index is 749. The minimum Gasteiger partial charge on any atom is -0.862 e. The Morgan fingerprint density at radius 3 is 2.71 bits per heavy atom. The first-order valence-electron chi connectivity index (χ1n) is 8.56. The van der Waals surface area contributed by atoms with Crippen LogP contribution in [0.1, 0.15) is 51.0 Å². The van der Waals surface area contributed by atoms with Gasteiger partial charge in [-0.15, -0.1) is 0 Å². The van der Waals surface area contributed by atoms with Gasteiger partial charge >= 0.3 is 5.63 Å². The number of benzene rings is 1. The van der Waals surface area contributed by atoms with Gasteiger partial charge in [-0.2, -0.15) is 0 Å². The van der Waals surface area contributed by atoms with Crippen LogP contribution >= 0.6 is 0 Å². The van der Waals surface area contributed by atoms with Gasteiger partial charge in [0, 0.05) is 30.5 Å². The Kier molecular flexibility index (Phi) is 6.85. The van der Waals surface area contributed by atoms with E-state index in [1.165, 1.54) is 43.9 Å². The highest BCUT2D eigenvalue weighted by atomic mass is 16.4. The molecule has 1 aromatic carbocycles. The molecule has 1 N–H and O–H groups in total. The lowest BCUT2D eigenvalue weighted by Crippen LogP contribution is -2.21. The molecule has 2 aromatic rings. The van der Waals surface area contributed by atoms with Gasteiger partial charge in [0.15, 0.2) is 0 Å². The first kappa shape index (κ1) is 18.0. The van der Waals surface area contributed by atoms with Crippen LogP contribution in [-0.2, 0) is 6.42 Å². The molecule has 5 nitrogen and oxygen atoms in total. The molecule has 0 fully saturated rings. The van der Waals surface area contributed by atoms with E-state index in [0.717, 1.165) is 12.8 Å². The zero-order valence-corrected chi connectivity index (χ0v) is 14.1. The molecule has 0 atom stereocenters. The zero-order chi connectivity index (χ0) is 17.4. The summed E-state index contributed by atoms with van der Waals surface area (Å²) in [6, 6.07) is 5.84. The number of unbranched alkanes of at least 4 members (excludes halogenated alkanes) is 5. The maximum absolute atomic E-state index is 12.0. The van der Waals surface area contributed by atoms with Crippen LogP contribution in [0.4, 0.5) is 0 Å². The Morgan fingerprint density at radius 1 is 1.17 bits per heavy atom. The second kappa shape index (κ2) is 9.11. The third kappa shape index (κ3) is 5.41. The second-order valence-electron chi connectivity index (χ2n) is 5.99. The Morgan fingerprint density at radius 2 is 1.92 bits per heavy atom. The average molecular weight is 330 g/mol. The van der Waals surface area contributed by atoms with Crippen LogP contribution in [0, 0.1) is 0 Å². The van der Waals surface area contributed by atoms with E-state index in [2.05, 4.69) is 11.9 Å². The number of hydrogen-bond acceptors (Lipinski definition) is 5. The fourth-order valence-corrected chi connectivity index (χ4v) is 2.68. The predicted molar refractivity (Wildman–Crippen MR) is 93.5 cm³/mol. The van der Waals surface area contributed by atoms with Crippen molar-refractivity contribution in [2.75, 3.05) is 6.54 Å². The van der Waals surface area contributed by atoms with Gasteiger partial charge in [0.1, 0.15) is 11.3 Å². The topological polar surface area (TPSA) is 85.9 Å². The number of phenolic OH excluding ortho intramolecular Hbond substituents is 1. The van der Waals surface area contributed by atoms with E-state index >= 15 is 0 Å². The van der Waals surface area contributed by atoms with Crippen LogP contribution in [0.5, 0.6) is 5.75 Å². The Hall–Kier alpha value is -2.30. The summed E-state index contributed by atoms with van der Waals surface area (Å²) in [5.41, 5.74) is 0.325. The van der Waals surface area contributed by atoms with Crippen LogP contribution < -0.4 is 10.7 Å². The molecule has 0 aliphatic rings. The lowest BCUT2D eigenvalue weighted by Gasteiger charge is -2.12. The molecular weight excluding hydrogens is 306 g/mol. The molecule has 0 unspecified atom stereocenters. The summed E-state index contributed by atoms with van der Waals surface area (Å²) >= 11 is 0. The summed E-state index contributed by atoms with van der Waals surface area (Å²) in [7, 11) is 0. The molecule has 5 heteroatoms. The van der Waals surface area contributed by atoms with Crippen LogP contribution in [0.3, 0.4) is 0 Å². The lowest BCUT2D eigenvalue weighted by atomic mass is 10.1. The molecule has 0 saturated heterocycles. The highest BCUT2D eigenvalue weighted by Crippen LogP contribution is 2.22. The van der Waals surface area contributed by atoms with Crippen molar-refractivity contribution >= 4 is 16.9 Å². The van der Waals surface area contributed by atoms with Gasteiger partial charge in [-0.05, 0) is 30.0 Å². The SMILES string of the molecule is CCCCCCCCN=C([O-])Cc1cc(=O)oc2cc(O)ccc12. The quantitative estimate of drug-likeness (QED) is 0.331. The molecule has 130 valence electrons. The van der Waals surface area contributed by atoms with E-state index in [0.29, 0.717) is 17.5 Å². The number of aliphatic imine (C=N–C) groups is 1. The van der Waals surface area contributed by atoms with Gasteiger partial charge in [-0.25, -0.2) is 4.79 Å². The average Bonchev–Trinajstić information content (AvgIpc) is 2.53. The van der Waals surface area contributed by atoms with Gasteiger partial charge in [0.2, 0.25) is 0 Å². The minimum absolute atomic E-state index is 0.0156. The molecule has 0 spiro atoms. The van der Waals surface area contributed by atoms with E-state index < -0.39 is 5.63 Å². The zero-order valence-electron chi connectivity index (χ0n) is 14.1. The van der Waals surface area contributed by atoms with Crippen molar-refractivity contribution in [1.29, 1.82) is 0 Å². The van der Waals surface area contributed by atoms with Gasteiger partial charge < -0.3 is 19.6 Å². The maximum atomic E-state index is 12.0. The van der Waals surface area contributed by atoms with Crippen LogP contribution in [0.2, 0.25) is 0 Å². The van der Waals surface area contributed by atoms with Crippen molar-refractivity contribution in [3.63, 3.8) is 0 Å². The molecule has 0 aliphatic heterocycles. The van der Waals surface area contributed by atoms with Crippen molar-refractivity contribution in [2.24, 2.45) is 4.99 Å². The Labute approximate surface area is 141 Å². The summed E-state index contributed by atoms with van der Waals surface area (Å²) in [6.07, 6.45) is 6.99. The van der Waals surface area contributed by atoms with Gasteiger partial charge in [-0.1, -0.05) is 39.0 Å². The summed E-state index contributed by atoms with van der Waals surface area (Å²) in [6.45, 7) is 2.72. The van der Waals surface area contributed by atoms with E-state index in [4.69, 9.17) is 4.42 Å². The van der Waals surface area contributed by atoms with E-state index in [9.17, 15) is 15.0 Å². The molecule has 0 aliphatic carbocycles. The number of fused-ring (bicyclic) bond motifs is 1. The molecule has 0 bridgehead atoms. The number of hydrogen-bond donors (Lipinski definition) is 1. The van der Waals surface area contributed by atoms with E-state index in [1.807, 2.05) is 0 Å². The molecular formula is C19H24NO4-. The fraction of sp³-hybridized carbons (Fsp3) is 0.474. The Balaban J connectivity index is 1.96. The summed E-state index contributed by atoms with van der Waals surface area (Å²) in [4.78, 5) is 15.7. The van der Waals surface area contributed by atoms with Crippen LogP contribution in [0.25, 0.3) is 11.0 Å². The van der Waals surface area contributed by atoms with Crippen molar-refractivity contribution in [1.82, 2.24) is 0 Å². The summed E-state index contributed by atoms with van der Waals surface area (Å²) in [5.74, 6) is -0.217.